The molecule has 0 fully saturated rings. The standard InChI is InChI=1S/C11H8BrNO2/c12-5-1-2-7-3-4-8-9(6-7)13-11(15)10(8)14/h1-4,6H,5H2,(H,13,14,15). The van der Waals surface area contributed by atoms with Crippen molar-refractivity contribution < 1.29 is 9.59 Å². The Balaban J connectivity index is 2.37. The maximum Gasteiger partial charge on any atom is 0.296 e. The number of allylic oxidation sites excluding steroid dienone is 1. The number of amides is 1. The van der Waals surface area contributed by atoms with Crippen molar-refractivity contribution >= 4 is 39.4 Å². The lowest BCUT2D eigenvalue weighted by Gasteiger charge is -1.98. The Morgan fingerprint density at radius 2 is 2.13 bits per heavy atom. The lowest BCUT2D eigenvalue weighted by Crippen LogP contribution is -2.12. The number of nitrogens with one attached hydrogen (secondary N) is 1. The summed E-state index contributed by atoms with van der Waals surface area (Å²) in [7, 11) is 0. The molecule has 1 heterocycles. The van der Waals surface area contributed by atoms with E-state index in [0.717, 1.165) is 10.9 Å². The fourth-order valence-electron chi connectivity index (χ4n) is 1.45. The fraction of sp³-hybridized carbons (Fsp3) is 0.0909. The second-order valence-corrected chi connectivity index (χ2v) is 3.79. The minimum atomic E-state index is -0.549. The van der Waals surface area contributed by atoms with E-state index in [1.807, 2.05) is 18.2 Å². The molecule has 0 aliphatic carbocycles. The summed E-state index contributed by atoms with van der Waals surface area (Å²) in [5.74, 6) is -1.01. The van der Waals surface area contributed by atoms with Crippen molar-refractivity contribution in [3.63, 3.8) is 0 Å². The number of benzene rings is 1. The van der Waals surface area contributed by atoms with Crippen LogP contribution in [0.25, 0.3) is 6.08 Å². The molecule has 4 heteroatoms. The van der Waals surface area contributed by atoms with Gasteiger partial charge in [0.25, 0.3) is 11.7 Å². The average Bonchev–Trinajstić information content (AvgIpc) is 2.52. The Bertz CT molecular complexity index is 466. The largest absolute Gasteiger partial charge is 0.318 e. The zero-order valence-corrected chi connectivity index (χ0v) is 9.37. The molecule has 1 aliphatic rings. The summed E-state index contributed by atoms with van der Waals surface area (Å²) in [5, 5.41) is 3.30. The molecule has 0 unspecified atom stereocenters. The zero-order chi connectivity index (χ0) is 10.8. The van der Waals surface area contributed by atoms with Crippen molar-refractivity contribution in [2.45, 2.75) is 0 Å². The maximum absolute atomic E-state index is 11.3. The van der Waals surface area contributed by atoms with Gasteiger partial charge >= 0.3 is 0 Å². The number of rotatable bonds is 2. The second-order valence-electron chi connectivity index (χ2n) is 3.14. The van der Waals surface area contributed by atoms with E-state index in [1.165, 1.54) is 0 Å². The molecule has 0 saturated heterocycles. The maximum atomic E-state index is 11.3. The van der Waals surface area contributed by atoms with Crippen LogP contribution in [0, 0.1) is 0 Å². The van der Waals surface area contributed by atoms with Crippen LogP contribution in [0.4, 0.5) is 5.69 Å². The number of ketones is 1. The van der Waals surface area contributed by atoms with Gasteiger partial charge in [0.15, 0.2) is 0 Å². The van der Waals surface area contributed by atoms with E-state index in [1.54, 1.807) is 12.1 Å². The molecule has 0 spiro atoms. The summed E-state index contributed by atoms with van der Waals surface area (Å²) >= 11 is 3.28. The molecule has 0 aromatic heterocycles. The van der Waals surface area contributed by atoms with E-state index in [0.29, 0.717) is 11.3 Å². The molecule has 0 atom stereocenters. The van der Waals surface area contributed by atoms with Gasteiger partial charge in [-0.25, -0.2) is 0 Å². The Kier molecular flexibility index (Phi) is 2.68. The van der Waals surface area contributed by atoms with Crippen LogP contribution in [0.5, 0.6) is 0 Å². The molecule has 76 valence electrons. The van der Waals surface area contributed by atoms with Crippen LogP contribution in [-0.2, 0) is 4.79 Å². The van der Waals surface area contributed by atoms with Gasteiger partial charge in [-0.15, -0.1) is 0 Å². The molecule has 15 heavy (non-hydrogen) atoms. The number of Topliss-reactive ketones (excluding diaryl/α,β-unsaturated/α-hetero) is 1. The van der Waals surface area contributed by atoms with Crippen molar-refractivity contribution in [1.29, 1.82) is 0 Å². The van der Waals surface area contributed by atoms with Crippen LogP contribution in [0.2, 0.25) is 0 Å². The molecule has 1 N–H and O–H groups in total. The first-order chi connectivity index (χ1) is 7.22. The number of hydrogen-bond donors (Lipinski definition) is 1. The predicted octanol–water partition coefficient (Wildman–Crippen LogP) is 2.23. The van der Waals surface area contributed by atoms with Crippen molar-refractivity contribution in [2.24, 2.45) is 0 Å². The number of fused-ring (bicyclic) bond motifs is 1. The Morgan fingerprint density at radius 1 is 1.33 bits per heavy atom. The summed E-state index contributed by atoms with van der Waals surface area (Å²) < 4.78 is 0. The van der Waals surface area contributed by atoms with Gasteiger partial charge in [0.2, 0.25) is 0 Å². The normalized spacial score (nSPS) is 14.5. The Morgan fingerprint density at radius 3 is 2.87 bits per heavy atom. The first-order valence-electron chi connectivity index (χ1n) is 4.44. The van der Waals surface area contributed by atoms with Gasteiger partial charge in [-0.1, -0.05) is 34.1 Å². The topological polar surface area (TPSA) is 46.2 Å². The molecule has 1 aromatic rings. The van der Waals surface area contributed by atoms with Crippen molar-refractivity contribution in [1.82, 2.24) is 0 Å². The predicted molar refractivity (Wildman–Crippen MR) is 62.2 cm³/mol. The van der Waals surface area contributed by atoms with Gasteiger partial charge in [0.05, 0.1) is 11.3 Å². The van der Waals surface area contributed by atoms with Crippen LogP contribution < -0.4 is 5.32 Å². The van der Waals surface area contributed by atoms with E-state index in [2.05, 4.69) is 21.2 Å². The van der Waals surface area contributed by atoms with Crippen molar-refractivity contribution in [3.05, 3.63) is 35.4 Å². The van der Waals surface area contributed by atoms with Gasteiger partial charge in [-0.3, -0.25) is 9.59 Å². The van der Waals surface area contributed by atoms with Gasteiger partial charge < -0.3 is 5.32 Å². The summed E-state index contributed by atoms with van der Waals surface area (Å²) in [4.78, 5) is 22.4. The van der Waals surface area contributed by atoms with Gasteiger partial charge in [0, 0.05) is 5.33 Å². The molecule has 3 nitrogen and oxygen atoms in total. The van der Waals surface area contributed by atoms with Crippen molar-refractivity contribution in [2.75, 3.05) is 10.6 Å². The highest BCUT2D eigenvalue weighted by Crippen LogP contribution is 2.24. The van der Waals surface area contributed by atoms with Crippen LogP contribution in [0.15, 0.2) is 24.3 Å². The molecule has 2 rings (SSSR count). The highest BCUT2D eigenvalue weighted by atomic mass is 79.9. The minimum Gasteiger partial charge on any atom is -0.318 e. The van der Waals surface area contributed by atoms with Crippen LogP contribution in [0.1, 0.15) is 15.9 Å². The monoisotopic (exact) mass is 265 g/mol. The SMILES string of the molecule is O=C1Nc2cc(C=CCBr)ccc2C1=O. The zero-order valence-electron chi connectivity index (χ0n) is 7.79. The van der Waals surface area contributed by atoms with E-state index >= 15 is 0 Å². The van der Waals surface area contributed by atoms with Gasteiger partial charge in [-0.2, -0.15) is 0 Å². The number of anilines is 1. The fourth-order valence-corrected chi connectivity index (χ4v) is 1.64. The lowest BCUT2D eigenvalue weighted by molar-refractivity contribution is -0.112. The number of alkyl halides is 1. The van der Waals surface area contributed by atoms with E-state index in [9.17, 15) is 9.59 Å². The number of carbonyl (C=O) groups excluding carboxylic acids is 2. The van der Waals surface area contributed by atoms with Crippen LogP contribution in [0.3, 0.4) is 0 Å². The van der Waals surface area contributed by atoms with Gasteiger partial charge in [0.1, 0.15) is 0 Å². The first-order valence-corrected chi connectivity index (χ1v) is 5.57. The number of hydrogen-bond acceptors (Lipinski definition) is 2. The molecular formula is C11H8BrNO2. The highest BCUT2D eigenvalue weighted by Gasteiger charge is 2.27. The van der Waals surface area contributed by atoms with E-state index < -0.39 is 11.7 Å². The molecule has 1 aliphatic heterocycles. The summed E-state index contributed by atoms with van der Waals surface area (Å²) in [6.45, 7) is 0. The van der Waals surface area contributed by atoms with Gasteiger partial charge in [-0.05, 0) is 17.7 Å². The third-order valence-corrected chi connectivity index (χ3v) is 2.52. The minimum absolute atomic E-state index is 0.455. The van der Waals surface area contributed by atoms with E-state index in [-0.39, 0.29) is 0 Å². The summed E-state index contributed by atoms with van der Waals surface area (Å²) in [5.41, 5.74) is 2.01. The molecule has 1 aromatic carbocycles. The summed E-state index contributed by atoms with van der Waals surface area (Å²) in [6.07, 6.45) is 3.87. The van der Waals surface area contributed by atoms with Crippen LogP contribution in [-0.4, -0.2) is 17.0 Å². The lowest BCUT2D eigenvalue weighted by atomic mass is 10.1. The molecule has 0 bridgehead atoms. The quantitative estimate of drug-likeness (QED) is 0.659. The van der Waals surface area contributed by atoms with Crippen LogP contribution >= 0.6 is 15.9 Å². The number of halogens is 1. The average molecular weight is 266 g/mol. The highest BCUT2D eigenvalue weighted by molar-refractivity contribution is 9.09. The Hall–Kier alpha value is -1.42. The smallest absolute Gasteiger partial charge is 0.296 e. The molecule has 0 radical (unpaired) electrons. The Labute approximate surface area is 95.3 Å². The first kappa shape index (κ1) is 10.1. The third kappa shape index (κ3) is 1.85. The second kappa shape index (κ2) is 3.98. The molecule has 0 saturated carbocycles. The third-order valence-electron chi connectivity index (χ3n) is 2.14. The van der Waals surface area contributed by atoms with E-state index in [4.69, 9.17) is 0 Å². The summed E-state index contributed by atoms with van der Waals surface area (Å²) in [6, 6.07) is 5.27. The number of carbonyl (C=O) groups is 2. The molecule has 1 amide bonds. The van der Waals surface area contributed by atoms with Crippen molar-refractivity contribution in [3.8, 4) is 0 Å². The molecular weight excluding hydrogens is 258 g/mol.